The summed E-state index contributed by atoms with van der Waals surface area (Å²) in [6.45, 7) is -0.408. The minimum atomic E-state index is -4.76. The van der Waals surface area contributed by atoms with Gasteiger partial charge >= 0.3 is 0 Å². The highest BCUT2D eigenvalue weighted by Crippen LogP contribution is 2.32. The SMILES string of the molecule is O=S(=O)(O)c1cc(Nc2nc(Nc3ccccc3)nc(N(CCO)CCO)n2)ccc1CCc1ccc(Nc2nc(Nc3ccccc3)nc(N(CCO)CCO)n2)cc1SOOO. The average Bonchev–Trinajstić information content (AvgIpc) is 3.28. The fourth-order valence-corrected chi connectivity index (χ4v) is 7.55. The van der Waals surface area contributed by atoms with Gasteiger partial charge < -0.3 is 51.5 Å². The maximum absolute atomic E-state index is 12.8. The van der Waals surface area contributed by atoms with Crippen molar-refractivity contribution in [2.75, 3.05) is 83.7 Å². The molecule has 2 heterocycles. The monoisotopic (exact) mass is 918 g/mol. The quantitative estimate of drug-likeness (QED) is 0.0167. The summed E-state index contributed by atoms with van der Waals surface area (Å²) in [4.78, 5) is 30.1. The van der Waals surface area contributed by atoms with Crippen molar-refractivity contribution < 1.29 is 48.0 Å². The second kappa shape index (κ2) is 23.4. The van der Waals surface area contributed by atoms with Crippen LogP contribution in [0.15, 0.2) is 107 Å². The fraction of sp³-hybridized carbons (Fsp3) is 0.250. The largest absolute Gasteiger partial charge is 0.395 e. The van der Waals surface area contributed by atoms with Gasteiger partial charge in [0.1, 0.15) is 0 Å². The maximum atomic E-state index is 12.8. The number of anilines is 10. The molecule has 0 aliphatic carbocycles. The molecule has 338 valence electrons. The smallest absolute Gasteiger partial charge is 0.294 e. The van der Waals surface area contributed by atoms with E-state index in [1.165, 1.54) is 12.1 Å². The number of rotatable bonds is 25. The molecule has 0 unspecified atom stereocenters. The van der Waals surface area contributed by atoms with E-state index in [1.54, 1.807) is 46.2 Å². The normalized spacial score (nSPS) is 11.3. The molecule has 0 radical (unpaired) electrons. The van der Waals surface area contributed by atoms with Gasteiger partial charge in [-0.25, -0.2) is 5.26 Å². The summed E-state index contributed by atoms with van der Waals surface area (Å²) in [6, 6.07) is 27.8. The van der Waals surface area contributed by atoms with Crippen molar-refractivity contribution in [2.24, 2.45) is 0 Å². The van der Waals surface area contributed by atoms with Crippen molar-refractivity contribution >= 4 is 80.6 Å². The van der Waals surface area contributed by atoms with Crippen molar-refractivity contribution in [3.05, 3.63) is 108 Å². The molecule has 24 heteroatoms. The Balaban J connectivity index is 1.25. The Morgan fingerprint density at radius 2 is 0.938 bits per heavy atom. The molecular formula is C40H46N12O10S2. The molecule has 64 heavy (non-hydrogen) atoms. The van der Waals surface area contributed by atoms with Crippen molar-refractivity contribution in [1.29, 1.82) is 0 Å². The lowest BCUT2D eigenvalue weighted by atomic mass is 10.0. The summed E-state index contributed by atoms with van der Waals surface area (Å²) in [5, 5.41) is 63.8. The molecule has 4 aromatic carbocycles. The molecule has 0 aliphatic heterocycles. The maximum Gasteiger partial charge on any atom is 0.294 e. The Morgan fingerprint density at radius 3 is 1.36 bits per heavy atom. The second-order valence-corrected chi connectivity index (χ2v) is 15.6. The van der Waals surface area contributed by atoms with Crippen LogP contribution in [0.1, 0.15) is 11.1 Å². The Bertz CT molecular complexity index is 2530. The molecule has 0 fully saturated rings. The molecule has 0 amide bonds. The molecule has 0 aliphatic rings. The Kier molecular flexibility index (Phi) is 17.2. The zero-order valence-corrected chi connectivity index (χ0v) is 35.7. The molecule has 0 atom stereocenters. The van der Waals surface area contributed by atoms with E-state index < -0.39 is 10.1 Å². The Hall–Kier alpha value is -6.32. The molecule has 2 aromatic heterocycles. The van der Waals surface area contributed by atoms with E-state index in [0.29, 0.717) is 39.6 Å². The summed E-state index contributed by atoms with van der Waals surface area (Å²) >= 11 is 0.683. The first-order valence-corrected chi connectivity index (χ1v) is 21.8. The van der Waals surface area contributed by atoms with Crippen molar-refractivity contribution in [1.82, 2.24) is 29.9 Å². The van der Waals surface area contributed by atoms with Crippen LogP contribution in [0.2, 0.25) is 0 Å². The molecule has 22 nitrogen and oxygen atoms in total. The van der Waals surface area contributed by atoms with Gasteiger partial charge in [0.15, 0.2) is 0 Å². The van der Waals surface area contributed by atoms with Crippen molar-refractivity contribution in [3.8, 4) is 0 Å². The average molecular weight is 919 g/mol. The number of para-hydroxylation sites is 2. The first kappa shape index (κ1) is 47.2. The number of benzene rings is 4. The van der Waals surface area contributed by atoms with Gasteiger partial charge in [-0.2, -0.15) is 38.3 Å². The number of aliphatic hydroxyl groups is 4. The van der Waals surface area contributed by atoms with Gasteiger partial charge in [-0.15, -0.1) is 4.33 Å². The summed E-state index contributed by atoms with van der Waals surface area (Å²) in [5.74, 6) is 0.741. The summed E-state index contributed by atoms with van der Waals surface area (Å²) < 4.78 is 40.8. The first-order valence-electron chi connectivity index (χ1n) is 19.6. The number of hydrogen-bond donors (Lipinski definition) is 10. The van der Waals surface area contributed by atoms with Crippen LogP contribution in [-0.4, -0.2) is 121 Å². The van der Waals surface area contributed by atoms with E-state index in [9.17, 15) is 33.4 Å². The third kappa shape index (κ3) is 13.6. The second-order valence-electron chi connectivity index (χ2n) is 13.5. The van der Waals surface area contributed by atoms with Crippen LogP contribution >= 0.6 is 12.0 Å². The molecule has 0 saturated heterocycles. The van der Waals surface area contributed by atoms with Gasteiger partial charge in [-0.3, -0.25) is 4.55 Å². The van der Waals surface area contributed by atoms with Gasteiger partial charge in [-0.05, 0) is 72.5 Å². The predicted octanol–water partition coefficient (Wildman–Crippen LogP) is 4.07. The van der Waals surface area contributed by atoms with Crippen LogP contribution < -0.4 is 31.1 Å². The molecule has 0 saturated carbocycles. The topological polar surface area (TPSA) is 306 Å². The number of nitrogens with zero attached hydrogens (tertiary/aromatic N) is 8. The number of aliphatic hydroxyl groups excluding tert-OH is 4. The molecule has 10 N–H and O–H groups in total. The number of hydrogen-bond acceptors (Lipinski definition) is 22. The highest BCUT2D eigenvalue weighted by molar-refractivity contribution is 7.94. The standard InChI is InChI=1S/C40H46N12O10S2/c53-21-17-51(18-22-54)39-47-35(41-29-7-3-1-4-8-29)45-37(49-39)43-31-15-13-27(33(25-31)63-62-61-57)11-12-28-14-16-32(26-34(28)64(58,59)60)44-38-46-36(42-30-9-5-2-6-10-30)48-40(50-38)52(19-23-55)20-24-56/h1-10,13-16,25-26,53-57H,11-12,17-24H2,(H,58,59,60)(H2,41,43,45,47,49)(H2,42,44,46,48,50). The van der Waals surface area contributed by atoms with E-state index in [0.717, 1.165) is 0 Å². The van der Waals surface area contributed by atoms with Crippen LogP contribution in [0.5, 0.6) is 0 Å². The zero-order valence-electron chi connectivity index (χ0n) is 34.0. The van der Waals surface area contributed by atoms with E-state index in [2.05, 4.69) is 56.2 Å². The lowest BCUT2D eigenvalue weighted by molar-refractivity contribution is -0.432. The van der Waals surface area contributed by atoms with E-state index in [1.807, 2.05) is 48.5 Å². The molecule has 0 spiro atoms. The summed E-state index contributed by atoms with van der Waals surface area (Å²) in [6.07, 6.45) is 0.340. The van der Waals surface area contributed by atoms with Crippen LogP contribution in [0.4, 0.5) is 58.4 Å². The highest BCUT2D eigenvalue weighted by Gasteiger charge is 2.20. The van der Waals surface area contributed by atoms with Crippen LogP contribution in [0.25, 0.3) is 0 Å². The minimum absolute atomic E-state index is 0.00420. The van der Waals surface area contributed by atoms with Crippen molar-refractivity contribution in [2.45, 2.75) is 22.6 Å². The lowest BCUT2D eigenvalue weighted by Gasteiger charge is -2.21. The van der Waals surface area contributed by atoms with Crippen LogP contribution in [-0.2, 0) is 32.3 Å². The van der Waals surface area contributed by atoms with Gasteiger partial charge in [0, 0.05) is 53.8 Å². The summed E-state index contributed by atoms with van der Waals surface area (Å²) in [5.41, 5.74) is 2.98. The van der Waals surface area contributed by atoms with Gasteiger partial charge in [0.25, 0.3) is 10.1 Å². The molecule has 6 aromatic rings. The number of aromatic nitrogens is 6. The van der Waals surface area contributed by atoms with Crippen molar-refractivity contribution in [3.63, 3.8) is 0 Å². The Labute approximate surface area is 371 Å². The van der Waals surface area contributed by atoms with Gasteiger partial charge in [0.2, 0.25) is 35.7 Å². The fourth-order valence-electron chi connectivity index (χ4n) is 6.22. The highest BCUT2D eigenvalue weighted by atomic mass is 32.2. The summed E-state index contributed by atoms with van der Waals surface area (Å²) in [7, 11) is -4.76. The molecular weight excluding hydrogens is 873 g/mol. The third-order valence-electron chi connectivity index (χ3n) is 9.09. The molecule has 0 bridgehead atoms. The van der Waals surface area contributed by atoms with E-state index in [4.69, 9.17) is 9.59 Å². The van der Waals surface area contributed by atoms with E-state index in [-0.39, 0.29) is 117 Å². The van der Waals surface area contributed by atoms with Gasteiger partial charge in [-0.1, -0.05) is 53.6 Å². The zero-order chi connectivity index (χ0) is 45.3. The third-order valence-corrected chi connectivity index (χ3v) is 10.7. The predicted molar refractivity (Wildman–Crippen MR) is 239 cm³/mol. The van der Waals surface area contributed by atoms with Gasteiger partial charge in [0.05, 0.1) is 43.4 Å². The lowest BCUT2D eigenvalue weighted by Crippen LogP contribution is -2.31. The molecule has 6 rings (SSSR count). The van der Waals surface area contributed by atoms with Crippen LogP contribution in [0.3, 0.4) is 0 Å². The number of nitrogens with one attached hydrogen (secondary N) is 4. The Morgan fingerprint density at radius 1 is 0.531 bits per heavy atom. The van der Waals surface area contributed by atoms with E-state index >= 15 is 0 Å². The van der Waals surface area contributed by atoms with Crippen LogP contribution in [0, 0.1) is 0 Å². The first-order chi connectivity index (χ1) is 31.1. The number of aryl methyl sites for hydroxylation is 2. The minimum Gasteiger partial charge on any atom is -0.395 e.